The van der Waals surface area contributed by atoms with Crippen molar-refractivity contribution in [2.75, 3.05) is 31.1 Å². The molecule has 8 nitrogen and oxygen atoms in total. The molecule has 3 rings (SSSR count). The zero-order chi connectivity index (χ0) is 17.6. The van der Waals surface area contributed by atoms with Gasteiger partial charge in [0.1, 0.15) is 18.0 Å². The third kappa shape index (κ3) is 3.97. The number of urea groups is 1. The van der Waals surface area contributed by atoms with E-state index in [1.54, 1.807) is 0 Å². The number of piperidine rings is 2. The molecule has 2 aliphatic heterocycles. The highest BCUT2D eigenvalue weighted by Crippen LogP contribution is 2.19. The molecule has 0 radical (unpaired) electrons. The Morgan fingerprint density at radius 3 is 2.60 bits per heavy atom. The largest absolute Gasteiger partial charge is 0.353 e. The highest BCUT2D eigenvalue weighted by atomic mass is 16.2. The Labute approximate surface area is 147 Å². The van der Waals surface area contributed by atoms with Crippen LogP contribution in [0, 0.1) is 22.7 Å². The van der Waals surface area contributed by atoms with E-state index in [0.29, 0.717) is 12.4 Å². The number of nitrogens with one attached hydrogen (secondary N) is 1. The van der Waals surface area contributed by atoms with Gasteiger partial charge in [0, 0.05) is 32.2 Å². The fourth-order valence-electron chi connectivity index (χ4n) is 3.36. The quantitative estimate of drug-likeness (QED) is 0.872. The molecule has 3 heterocycles. The third-order valence-electron chi connectivity index (χ3n) is 4.69. The lowest BCUT2D eigenvalue weighted by molar-refractivity contribution is 0.181. The van der Waals surface area contributed by atoms with Crippen molar-refractivity contribution < 1.29 is 4.79 Å². The second-order valence-electron chi connectivity index (χ2n) is 6.43. The van der Waals surface area contributed by atoms with E-state index in [4.69, 9.17) is 10.5 Å². The number of hydrogen-bond acceptors (Lipinski definition) is 6. The van der Waals surface area contributed by atoms with Gasteiger partial charge in [-0.3, -0.25) is 0 Å². The second kappa shape index (κ2) is 7.80. The van der Waals surface area contributed by atoms with E-state index in [-0.39, 0.29) is 23.5 Å². The number of rotatable bonds is 2. The van der Waals surface area contributed by atoms with Crippen molar-refractivity contribution >= 4 is 11.8 Å². The first kappa shape index (κ1) is 17.0. The first-order chi connectivity index (χ1) is 12.2. The molecule has 1 aromatic heterocycles. The van der Waals surface area contributed by atoms with Crippen LogP contribution in [0.3, 0.4) is 0 Å². The highest BCUT2D eigenvalue weighted by molar-refractivity contribution is 5.74. The maximum absolute atomic E-state index is 12.4. The zero-order valence-corrected chi connectivity index (χ0v) is 14.1. The third-order valence-corrected chi connectivity index (χ3v) is 4.69. The Morgan fingerprint density at radius 1 is 1.12 bits per heavy atom. The van der Waals surface area contributed by atoms with Crippen molar-refractivity contribution in [3.05, 3.63) is 17.6 Å². The predicted octanol–water partition coefficient (Wildman–Crippen LogP) is 1.38. The Kier molecular flexibility index (Phi) is 5.30. The van der Waals surface area contributed by atoms with E-state index in [9.17, 15) is 4.79 Å². The normalized spacial score (nSPS) is 20.5. The summed E-state index contributed by atoms with van der Waals surface area (Å²) in [5.41, 5.74) is 0.0812. The summed E-state index contributed by atoms with van der Waals surface area (Å²) in [5.74, 6) is 0.576. The highest BCUT2D eigenvalue weighted by Gasteiger charge is 2.25. The van der Waals surface area contributed by atoms with Gasteiger partial charge < -0.3 is 15.1 Å². The number of nitrogens with zero attached hydrogens (tertiary/aromatic N) is 6. The number of nitriles is 2. The van der Waals surface area contributed by atoms with Gasteiger partial charge in [-0.15, -0.1) is 0 Å². The average Bonchev–Trinajstić information content (AvgIpc) is 2.68. The SMILES string of the molecule is N#Cc1ncc(N2CCC[C@@H](NC(=O)N3CCCCC3)C2)nc1C#N. The van der Waals surface area contributed by atoms with Gasteiger partial charge in [0.15, 0.2) is 11.4 Å². The van der Waals surface area contributed by atoms with Gasteiger partial charge in [-0.2, -0.15) is 10.5 Å². The van der Waals surface area contributed by atoms with Crippen LogP contribution in [-0.2, 0) is 0 Å². The lowest BCUT2D eigenvalue weighted by Crippen LogP contribution is -2.52. The molecule has 25 heavy (non-hydrogen) atoms. The number of aromatic nitrogens is 2. The molecule has 8 heteroatoms. The van der Waals surface area contributed by atoms with Crippen LogP contribution in [0.2, 0.25) is 0 Å². The average molecular weight is 339 g/mol. The van der Waals surface area contributed by atoms with E-state index < -0.39 is 0 Å². The van der Waals surface area contributed by atoms with Gasteiger partial charge >= 0.3 is 6.03 Å². The molecule has 0 saturated carbocycles. The van der Waals surface area contributed by atoms with E-state index in [0.717, 1.165) is 45.3 Å². The lowest BCUT2D eigenvalue weighted by Gasteiger charge is -2.35. The topological polar surface area (TPSA) is 109 Å². The minimum atomic E-state index is 0.00942. The smallest absolute Gasteiger partial charge is 0.317 e. The predicted molar refractivity (Wildman–Crippen MR) is 90.7 cm³/mol. The van der Waals surface area contributed by atoms with Crippen LogP contribution >= 0.6 is 0 Å². The lowest BCUT2D eigenvalue weighted by atomic mass is 10.1. The number of carbonyl (C=O) groups excluding carboxylic acids is 1. The summed E-state index contributed by atoms with van der Waals surface area (Å²) in [6.07, 6.45) is 6.71. The number of carbonyl (C=O) groups is 1. The standard InChI is InChI=1S/C17H21N7O/c18-9-14-15(10-19)22-16(11-20-14)24-8-4-5-13(12-24)21-17(25)23-6-2-1-3-7-23/h11,13H,1-8,12H2,(H,21,25)/t13-/m1/s1. The van der Waals surface area contributed by atoms with Gasteiger partial charge in [0.2, 0.25) is 0 Å². The summed E-state index contributed by atoms with van der Waals surface area (Å²) in [6, 6.07) is 3.84. The van der Waals surface area contributed by atoms with Gasteiger partial charge in [-0.05, 0) is 32.1 Å². The Morgan fingerprint density at radius 2 is 1.88 bits per heavy atom. The van der Waals surface area contributed by atoms with E-state index in [1.807, 2.05) is 21.9 Å². The molecule has 0 aromatic carbocycles. The molecule has 2 fully saturated rings. The molecule has 1 aromatic rings. The maximum Gasteiger partial charge on any atom is 0.317 e. The molecular weight excluding hydrogens is 318 g/mol. The fourth-order valence-corrected chi connectivity index (χ4v) is 3.36. The molecule has 0 spiro atoms. The van der Waals surface area contributed by atoms with Gasteiger partial charge in [0.05, 0.1) is 6.20 Å². The Balaban J connectivity index is 1.64. The van der Waals surface area contributed by atoms with Crippen LogP contribution < -0.4 is 10.2 Å². The molecule has 130 valence electrons. The van der Waals surface area contributed by atoms with Crippen molar-refractivity contribution in [3.63, 3.8) is 0 Å². The van der Waals surface area contributed by atoms with Gasteiger partial charge in [0.25, 0.3) is 0 Å². The van der Waals surface area contributed by atoms with E-state index in [1.165, 1.54) is 12.6 Å². The molecule has 2 saturated heterocycles. The molecule has 1 atom stereocenters. The van der Waals surface area contributed by atoms with Crippen molar-refractivity contribution in [2.24, 2.45) is 0 Å². The van der Waals surface area contributed by atoms with Crippen LogP contribution in [0.4, 0.5) is 10.6 Å². The molecule has 2 amide bonds. The van der Waals surface area contributed by atoms with Crippen LogP contribution in [-0.4, -0.2) is 53.1 Å². The van der Waals surface area contributed by atoms with Gasteiger partial charge in [-0.1, -0.05) is 0 Å². The molecular formula is C17H21N7O. The first-order valence-corrected chi connectivity index (χ1v) is 8.69. The minimum absolute atomic E-state index is 0.00942. The van der Waals surface area contributed by atoms with Crippen LogP contribution in [0.5, 0.6) is 0 Å². The van der Waals surface area contributed by atoms with Gasteiger partial charge in [-0.25, -0.2) is 14.8 Å². The van der Waals surface area contributed by atoms with E-state index >= 15 is 0 Å². The minimum Gasteiger partial charge on any atom is -0.353 e. The Bertz CT molecular complexity index is 715. The van der Waals surface area contributed by atoms with Crippen molar-refractivity contribution in [3.8, 4) is 12.1 Å². The van der Waals surface area contributed by atoms with Crippen LogP contribution in [0.1, 0.15) is 43.5 Å². The van der Waals surface area contributed by atoms with Crippen molar-refractivity contribution in [2.45, 2.75) is 38.1 Å². The monoisotopic (exact) mass is 339 g/mol. The number of hydrogen-bond donors (Lipinski definition) is 1. The summed E-state index contributed by atoms with van der Waals surface area (Å²) in [4.78, 5) is 24.5. The summed E-state index contributed by atoms with van der Waals surface area (Å²) in [7, 11) is 0. The summed E-state index contributed by atoms with van der Waals surface area (Å²) < 4.78 is 0. The molecule has 1 N–H and O–H groups in total. The fraction of sp³-hybridized carbons (Fsp3) is 0.588. The summed E-state index contributed by atoms with van der Waals surface area (Å²) in [5, 5.41) is 21.2. The molecule has 2 aliphatic rings. The summed E-state index contributed by atoms with van der Waals surface area (Å²) in [6.45, 7) is 3.08. The van der Waals surface area contributed by atoms with Crippen LogP contribution in [0.15, 0.2) is 6.20 Å². The second-order valence-corrected chi connectivity index (χ2v) is 6.43. The first-order valence-electron chi connectivity index (χ1n) is 8.69. The molecule has 0 aliphatic carbocycles. The number of likely N-dealkylation sites (tertiary alicyclic amines) is 1. The zero-order valence-electron chi connectivity index (χ0n) is 14.1. The maximum atomic E-state index is 12.4. The van der Waals surface area contributed by atoms with Crippen LogP contribution in [0.25, 0.3) is 0 Å². The number of amides is 2. The number of anilines is 1. The molecule has 0 unspecified atom stereocenters. The molecule has 0 bridgehead atoms. The van der Waals surface area contributed by atoms with Crippen molar-refractivity contribution in [1.29, 1.82) is 10.5 Å². The van der Waals surface area contributed by atoms with E-state index in [2.05, 4.69) is 15.3 Å². The van der Waals surface area contributed by atoms with Crippen molar-refractivity contribution in [1.82, 2.24) is 20.2 Å². The summed E-state index contributed by atoms with van der Waals surface area (Å²) >= 11 is 0. The Hall–Kier alpha value is -2.87.